The molecular weight excluding hydrogens is 310 g/mol. The van der Waals surface area contributed by atoms with Gasteiger partial charge in [-0.15, -0.1) is 0 Å². The van der Waals surface area contributed by atoms with Crippen molar-refractivity contribution in [3.8, 4) is 11.4 Å². The number of nitrogens with two attached hydrogens (primary N) is 1. The van der Waals surface area contributed by atoms with Gasteiger partial charge in [0, 0.05) is 12.1 Å². The summed E-state index contributed by atoms with van der Waals surface area (Å²) in [6.45, 7) is 7.68. The zero-order chi connectivity index (χ0) is 18.0. The van der Waals surface area contributed by atoms with Crippen LogP contribution in [0.4, 0.5) is 0 Å². The highest BCUT2D eigenvalue weighted by Gasteiger charge is 2.16. The Morgan fingerprint density at radius 1 is 1.04 bits per heavy atom. The molecule has 1 heterocycles. The number of aromatic nitrogens is 2. The maximum absolute atomic E-state index is 12.9. The van der Waals surface area contributed by atoms with Crippen LogP contribution >= 0.6 is 0 Å². The van der Waals surface area contributed by atoms with E-state index in [0.29, 0.717) is 24.3 Å². The monoisotopic (exact) mass is 335 g/mol. The second-order valence-electron chi connectivity index (χ2n) is 7.38. The minimum atomic E-state index is -0.00560. The van der Waals surface area contributed by atoms with E-state index in [1.54, 1.807) is 4.57 Å². The number of hydrogen-bond acceptors (Lipinski definition) is 3. The normalized spacial score (nSPS) is 11.8. The van der Waals surface area contributed by atoms with Crippen LogP contribution in [0.3, 0.4) is 0 Å². The number of fused-ring (bicyclic) bond motifs is 1. The van der Waals surface area contributed by atoms with Crippen molar-refractivity contribution in [3.63, 3.8) is 0 Å². The number of para-hydroxylation sites is 1. The Morgan fingerprint density at radius 3 is 2.36 bits per heavy atom. The van der Waals surface area contributed by atoms with Crippen molar-refractivity contribution in [1.29, 1.82) is 0 Å². The van der Waals surface area contributed by atoms with Gasteiger partial charge in [-0.25, -0.2) is 4.98 Å². The van der Waals surface area contributed by atoms with E-state index in [-0.39, 0.29) is 11.0 Å². The number of rotatable bonds is 4. The Morgan fingerprint density at radius 2 is 1.72 bits per heavy atom. The van der Waals surface area contributed by atoms with Gasteiger partial charge in [0.15, 0.2) is 0 Å². The fourth-order valence-electron chi connectivity index (χ4n) is 2.96. The van der Waals surface area contributed by atoms with Gasteiger partial charge in [0.1, 0.15) is 5.82 Å². The zero-order valence-electron chi connectivity index (χ0n) is 15.1. The smallest absolute Gasteiger partial charge is 0.261 e. The molecule has 0 aliphatic carbocycles. The van der Waals surface area contributed by atoms with Crippen molar-refractivity contribution in [3.05, 3.63) is 64.4 Å². The maximum atomic E-state index is 12.9. The molecule has 3 rings (SSSR count). The lowest BCUT2D eigenvalue weighted by molar-refractivity contribution is 0.590. The first-order valence-electron chi connectivity index (χ1n) is 8.72. The summed E-state index contributed by atoms with van der Waals surface area (Å²) in [4.78, 5) is 17.7. The average molecular weight is 335 g/mol. The molecule has 0 saturated heterocycles. The third-order valence-electron chi connectivity index (χ3n) is 4.46. The van der Waals surface area contributed by atoms with Crippen LogP contribution in [-0.4, -0.2) is 16.1 Å². The van der Waals surface area contributed by atoms with Crippen LogP contribution in [0.5, 0.6) is 0 Å². The highest BCUT2D eigenvalue weighted by Crippen LogP contribution is 2.25. The summed E-state index contributed by atoms with van der Waals surface area (Å²) in [5.74, 6) is 0.706. The molecule has 130 valence electrons. The lowest BCUT2D eigenvalue weighted by Crippen LogP contribution is -2.24. The van der Waals surface area contributed by atoms with Crippen molar-refractivity contribution in [2.75, 3.05) is 6.54 Å². The molecule has 4 heteroatoms. The van der Waals surface area contributed by atoms with Gasteiger partial charge in [-0.1, -0.05) is 57.2 Å². The number of hydrogen-bond donors (Lipinski definition) is 1. The molecule has 4 nitrogen and oxygen atoms in total. The Labute approximate surface area is 148 Å². The summed E-state index contributed by atoms with van der Waals surface area (Å²) in [5.41, 5.74) is 8.68. The minimum absolute atomic E-state index is 0.00560. The molecule has 25 heavy (non-hydrogen) atoms. The maximum Gasteiger partial charge on any atom is 0.261 e. The zero-order valence-corrected chi connectivity index (χ0v) is 15.1. The third-order valence-corrected chi connectivity index (χ3v) is 4.46. The highest BCUT2D eigenvalue weighted by molar-refractivity contribution is 5.79. The fraction of sp³-hybridized carbons (Fsp3) is 0.333. The first kappa shape index (κ1) is 17.4. The molecule has 0 bridgehead atoms. The van der Waals surface area contributed by atoms with Crippen LogP contribution in [-0.2, 0) is 12.0 Å². The third kappa shape index (κ3) is 3.49. The summed E-state index contributed by atoms with van der Waals surface area (Å²) in [7, 11) is 0. The van der Waals surface area contributed by atoms with Crippen molar-refractivity contribution in [2.45, 2.75) is 39.2 Å². The number of benzene rings is 2. The molecule has 0 saturated carbocycles. The lowest BCUT2D eigenvalue weighted by Gasteiger charge is -2.19. The Balaban J connectivity index is 2.18. The summed E-state index contributed by atoms with van der Waals surface area (Å²) in [6, 6.07) is 15.8. The van der Waals surface area contributed by atoms with Gasteiger partial charge in [0.25, 0.3) is 5.56 Å². The fourth-order valence-corrected chi connectivity index (χ4v) is 2.96. The molecule has 1 aromatic heterocycles. The van der Waals surface area contributed by atoms with Gasteiger partial charge in [0.05, 0.1) is 10.9 Å². The quantitative estimate of drug-likeness (QED) is 0.790. The Bertz CT molecular complexity index is 934. The summed E-state index contributed by atoms with van der Waals surface area (Å²) < 4.78 is 1.75. The van der Waals surface area contributed by atoms with E-state index in [1.807, 2.05) is 24.3 Å². The molecule has 3 aromatic rings. The first-order valence-corrected chi connectivity index (χ1v) is 8.72. The molecule has 0 aliphatic rings. The van der Waals surface area contributed by atoms with Crippen molar-refractivity contribution >= 4 is 10.9 Å². The standard InChI is InChI=1S/C21H25N3O/c1-21(2,3)16-11-9-15(10-12-16)19-23-18-8-5-4-7-17(18)20(25)24(19)14-6-13-22/h4-5,7-12H,6,13-14,22H2,1-3H3. The molecule has 0 aliphatic heterocycles. The second-order valence-corrected chi connectivity index (χ2v) is 7.38. The molecule has 0 atom stereocenters. The minimum Gasteiger partial charge on any atom is -0.330 e. The average Bonchev–Trinajstić information content (AvgIpc) is 2.60. The predicted octanol–water partition coefficient (Wildman–Crippen LogP) is 3.71. The predicted molar refractivity (Wildman–Crippen MR) is 104 cm³/mol. The van der Waals surface area contributed by atoms with Gasteiger partial charge < -0.3 is 5.73 Å². The van der Waals surface area contributed by atoms with E-state index in [4.69, 9.17) is 10.7 Å². The van der Waals surface area contributed by atoms with Crippen LogP contribution in [0.15, 0.2) is 53.3 Å². The number of nitrogens with zero attached hydrogens (tertiary/aromatic N) is 2. The van der Waals surface area contributed by atoms with Crippen molar-refractivity contribution in [1.82, 2.24) is 9.55 Å². The van der Waals surface area contributed by atoms with Gasteiger partial charge in [-0.2, -0.15) is 0 Å². The molecule has 0 amide bonds. The van der Waals surface area contributed by atoms with Crippen molar-refractivity contribution in [2.24, 2.45) is 5.73 Å². The highest BCUT2D eigenvalue weighted by atomic mass is 16.1. The van der Waals surface area contributed by atoms with E-state index in [0.717, 1.165) is 17.5 Å². The summed E-state index contributed by atoms with van der Waals surface area (Å²) in [6.07, 6.45) is 0.743. The van der Waals surface area contributed by atoms with E-state index < -0.39 is 0 Å². The van der Waals surface area contributed by atoms with Crippen LogP contribution < -0.4 is 11.3 Å². The Kier molecular flexibility index (Phi) is 4.73. The van der Waals surface area contributed by atoms with Gasteiger partial charge in [0.2, 0.25) is 0 Å². The van der Waals surface area contributed by atoms with Crippen LogP contribution in [0.2, 0.25) is 0 Å². The molecule has 0 radical (unpaired) electrons. The topological polar surface area (TPSA) is 60.9 Å². The lowest BCUT2D eigenvalue weighted by atomic mass is 9.86. The van der Waals surface area contributed by atoms with Crippen LogP contribution in [0, 0.1) is 0 Å². The largest absolute Gasteiger partial charge is 0.330 e. The molecule has 0 spiro atoms. The van der Waals surface area contributed by atoms with E-state index in [1.165, 1.54) is 5.56 Å². The van der Waals surface area contributed by atoms with E-state index >= 15 is 0 Å². The second kappa shape index (κ2) is 6.81. The van der Waals surface area contributed by atoms with Crippen LogP contribution in [0.25, 0.3) is 22.3 Å². The van der Waals surface area contributed by atoms with Crippen molar-refractivity contribution < 1.29 is 0 Å². The summed E-state index contributed by atoms with van der Waals surface area (Å²) in [5, 5.41) is 0.648. The molecular formula is C21H25N3O. The van der Waals surface area contributed by atoms with Gasteiger partial charge in [-0.3, -0.25) is 9.36 Å². The summed E-state index contributed by atoms with van der Waals surface area (Å²) >= 11 is 0. The Hall–Kier alpha value is -2.46. The molecule has 2 N–H and O–H groups in total. The van der Waals surface area contributed by atoms with E-state index in [2.05, 4.69) is 45.0 Å². The van der Waals surface area contributed by atoms with Gasteiger partial charge >= 0.3 is 0 Å². The van der Waals surface area contributed by atoms with E-state index in [9.17, 15) is 4.79 Å². The van der Waals surface area contributed by atoms with Gasteiger partial charge in [-0.05, 0) is 36.1 Å². The first-order chi connectivity index (χ1) is 11.9. The SMILES string of the molecule is CC(C)(C)c1ccc(-c2nc3ccccc3c(=O)n2CCCN)cc1. The molecule has 0 fully saturated rings. The molecule has 2 aromatic carbocycles. The molecule has 0 unspecified atom stereocenters. The van der Waals surface area contributed by atoms with Crippen LogP contribution in [0.1, 0.15) is 32.8 Å².